The SMILES string of the molecule is CN(C(=O)OCc1ccccc1)[C@@H]1C(O)[C@H](N(C)C(=O)OCc2ccccc2)[C@@H](O)C(O)[C@H]1O. The summed E-state index contributed by atoms with van der Waals surface area (Å²) in [7, 11) is 2.58. The van der Waals surface area contributed by atoms with Crippen LogP contribution in [-0.4, -0.2) is 93.0 Å². The van der Waals surface area contributed by atoms with E-state index < -0.39 is 48.7 Å². The van der Waals surface area contributed by atoms with Crippen molar-refractivity contribution in [3.05, 3.63) is 71.8 Å². The summed E-state index contributed by atoms with van der Waals surface area (Å²) in [5.74, 6) is 0. The molecule has 0 aliphatic heterocycles. The molecule has 0 radical (unpaired) electrons. The van der Waals surface area contributed by atoms with Gasteiger partial charge in [-0.1, -0.05) is 60.7 Å². The lowest BCUT2D eigenvalue weighted by molar-refractivity contribution is -0.182. The lowest BCUT2D eigenvalue weighted by Crippen LogP contribution is -2.72. The fraction of sp³-hybridized carbons (Fsp3) is 0.417. The molecule has 2 unspecified atom stereocenters. The van der Waals surface area contributed by atoms with Crippen molar-refractivity contribution in [2.45, 2.75) is 49.7 Å². The normalized spacial score (nSPS) is 26.4. The second-order valence-corrected chi connectivity index (χ2v) is 8.25. The molecule has 10 heteroatoms. The fourth-order valence-corrected chi connectivity index (χ4v) is 4.01. The summed E-state index contributed by atoms with van der Waals surface area (Å²) in [6.07, 6.45) is -8.45. The van der Waals surface area contributed by atoms with Crippen molar-refractivity contribution in [1.29, 1.82) is 0 Å². The number of aliphatic hydroxyl groups is 4. The number of likely N-dealkylation sites (N-methyl/N-ethyl adjacent to an activating group) is 2. The molecule has 1 aliphatic carbocycles. The molecule has 0 spiro atoms. The Bertz CT molecular complexity index is 869. The van der Waals surface area contributed by atoms with E-state index in [2.05, 4.69) is 0 Å². The van der Waals surface area contributed by atoms with Crippen molar-refractivity contribution in [3.63, 3.8) is 0 Å². The van der Waals surface area contributed by atoms with Crippen molar-refractivity contribution in [3.8, 4) is 0 Å². The minimum atomic E-state index is -1.74. The molecule has 0 aromatic heterocycles. The minimum Gasteiger partial charge on any atom is -0.445 e. The number of aliphatic hydroxyl groups excluding tert-OH is 4. The van der Waals surface area contributed by atoms with Crippen molar-refractivity contribution in [2.75, 3.05) is 14.1 Å². The van der Waals surface area contributed by atoms with Gasteiger partial charge in [0, 0.05) is 14.1 Å². The molecule has 4 N–H and O–H groups in total. The van der Waals surface area contributed by atoms with Crippen LogP contribution >= 0.6 is 0 Å². The molecule has 0 bridgehead atoms. The van der Waals surface area contributed by atoms with Crippen LogP contribution in [0, 0.1) is 0 Å². The van der Waals surface area contributed by atoms with Gasteiger partial charge >= 0.3 is 12.2 Å². The Kier molecular flexibility index (Phi) is 8.46. The van der Waals surface area contributed by atoms with Crippen LogP contribution in [0.3, 0.4) is 0 Å². The summed E-state index contributed by atoms with van der Waals surface area (Å²) >= 11 is 0. The molecule has 2 amide bonds. The molecule has 10 nitrogen and oxygen atoms in total. The van der Waals surface area contributed by atoms with Gasteiger partial charge in [0.2, 0.25) is 0 Å². The van der Waals surface area contributed by atoms with Crippen LogP contribution in [0.5, 0.6) is 0 Å². The first-order chi connectivity index (χ1) is 16.2. The summed E-state index contributed by atoms with van der Waals surface area (Å²) < 4.78 is 10.5. The van der Waals surface area contributed by atoms with E-state index in [0.29, 0.717) is 0 Å². The van der Waals surface area contributed by atoms with Gasteiger partial charge in [0.25, 0.3) is 0 Å². The predicted molar refractivity (Wildman–Crippen MR) is 120 cm³/mol. The number of hydrogen-bond donors (Lipinski definition) is 4. The molecule has 2 aromatic carbocycles. The van der Waals surface area contributed by atoms with E-state index in [1.807, 2.05) is 12.1 Å². The first kappa shape index (κ1) is 25.4. The maximum absolute atomic E-state index is 12.6. The lowest BCUT2D eigenvalue weighted by Gasteiger charge is -2.48. The van der Waals surface area contributed by atoms with Crippen LogP contribution in [0.1, 0.15) is 11.1 Å². The van der Waals surface area contributed by atoms with E-state index in [4.69, 9.17) is 9.47 Å². The molecular weight excluding hydrogens is 444 g/mol. The van der Waals surface area contributed by atoms with Gasteiger partial charge < -0.3 is 39.7 Å². The highest BCUT2D eigenvalue weighted by Gasteiger charge is 2.53. The summed E-state index contributed by atoms with van der Waals surface area (Å²) in [5.41, 5.74) is 1.48. The van der Waals surface area contributed by atoms with Crippen molar-refractivity contribution in [2.24, 2.45) is 0 Å². The Morgan fingerprint density at radius 3 is 1.35 bits per heavy atom. The van der Waals surface area contributed by atoms with Crippen LogP contribution < -0.4 is 0 Å². The average Bonchev–Trinajstić information content (AvgIpc) is 2.85. The Morgan fingerprint density at radius 2 is 1.00 bits per heavy atom. The average molecular weight is 475 g/mol. The van der Waals surface area contributed by atoms with Crippen LogP contribution in [0.4, 0.5) is 9.59 Å². The minimum absolute atomic E-state index is 0.0384. The third-order valence-corrected chi connectivity index (χ3v) is 5.98. The van der Waals surface area contributed by atoms with Crippen molar-refractivity contribution >= 4 is 12.2 Å². The standard InChI is InChI=1S/C24H30N2O8/c1-25(23(31)33-13-15-9-5-3-6-10-15)17-19(27)18(21(29)22(30)20(17)28)26(2)24(32)34-14-16-11-7-4-8-12-16/h3-12,17-22,27-30H,13-14H2,1-2H3/t17-,18+,19?,20+,21-,22?. The summed E-state index contributed by atoms with van der Waals surface area (Å²) in [5, 5.41) is 42.4. The number of amides is 2. The van der Waals surface area contributed by atoms with E-state index in [-0.39, 0.29) is 13.2 Å². The number of carbonyl (C=O) groups is 2. The van der Waals surface area contributed by atoms with Crippen LogP contribution in [-0.2, 0) is 22.7 Å². The molecule has 6 atom stereocenters. The Morgan fingerprint density at radius 1 is 0.647 bits per heavy atom. The third-order valence-electron chi connectivity index (χ3n) is 5.98. The van der Waals surface area contributed by atoms with Gasteiger partial charge in [0.15, 0.2) is 0 Å². The molecule has 184 valence electrons. The van der Waals surface area contributed by atoms with Crippen molar-refractivity contribution in [1.82, 2.24) is 9.80 Å². The van der Waals surface area contributed by atoms with E-state index in [0.717, 1.165) is 20.9 Å². The molecule has 1 aliphatic rings. The largest absolute Gasteiger partial charge is 0.445 e. The van der Waals surface area contributed by atoms with Gasteiger partial charge in [-0.05, 0) is 11.1 Å². The van der Waals surface area contributed by atoms with Crippen LogP contribution in [0.25, 0.3) is 0 Å². The van der Waals surface area contributed by atoms with Gasteiger partial charge in [-0.3, -0.25) is 0 Å². The monoisotopic (exact) mass is 474 g/mol. The predicted octanol–water partition coefficient (Wildman–Crippen LogP) is 0.718. The number of benzene rings is 2. The quantitative estimate of drug-likeness (QED) is 0.480. The zero-order valence-electron chi connectivity index (χ0n) is 19.0. The zero-order chi connectivity index (χ0) is 24.8. The van der Waals surface area contributed by atoms with E-state index in [1.165, 1.54) is 14.1 Å². The Balaban J connectivity index is 1.69. The number of rotatable bonds is 6. The highest BCUT2D eigenvalue weighted by Crippen LogP contribution is 2.29. The molecule has 1 fully saturated rings. The Labute approximate surface area is 197 Å². The Hall–Kier alpha value is -3.18. The summed E-state index contributed by atoms with van der Waals surface area (Å²) in [4.78, 5) is 27.1. The molecule has 0 heterocycles. The summed E-state index contributed by atoms with van der Waals surface area (Å²) in [6, 6.07) is 15.1. The maximum Gasteiger partial charge on any atom is 0.410 e. The number of nitrogens with zero attached hydrogens (tertiary/aromatic N) is 2. The highest BCUT2D eigenvalue weighted by molar-refractivity contribution is 5.69. The molecule has 2 aromatic rings. The maximum atomic E-state index is 12.6. The van der Waals surface area contributed by atoms with E-state index in [9.17, 15) is 30.0 Å². The smallest absolute Gasteiger partial charge is 0.410 e. The van der Waals surface area contributed by atoms with Gasteiger partial charge in [-0.15, -0.1) is 0 Å². The lowest BCUT2D eigenvalue weighted by atomic mass is 9.80. The second-order valence-electron chi connectivity index (χ2n) is 8.25. The van der Waals surface area contributed by atoms with E-state index >= 15 is 0 Å². The topological polar surface area (TPSA) is 140 Å². The van der Waals surface area contributed by atoms with Gasteiger partial charge in [0.05, 0.1) is 12.1 Å². The molecule has 34 heavy (non-hydrogen) atoms. The van der Waals surface area contributed by atoms with Crippen molar-refractivity contribution < 1.29 is 39.5 Å². The fourth-order valence-electron chi connectivity index (χ4n) is 4.01. The number of ether oxygens (including phenoxy) is 2. The molecule has 0 saturated heterocycles. The third kappa shape index (κ3) is 5.65. The number of carbonyl (C=O) groups excluding carboxylic acids is 2. The summed E-state index contributed by atoms with van der Waals surface area (Å²) in [6.45, 7) is -0.0769. The second kappa shape index (κ2) is 11.3. The molecular formula is C24H30N2O8. The van der Waals surface area contributed by atoms with Crippen LogP contribution in [0.2, 0.25) is 0 Å². The van der Waals surface area contributed by atoms with E-state index in [1.54, 1.807) is 48.5 Å². The molecule has 3 rings (SSSR count). The van der Waals surface area contributed by atoms with Gasteiger partial charge in [-0.25, -0.2) is 9.59 Å². The first-order valence-electron chi connectivity index (χ1n) is 10.8. The van der Waals surface area contributed by atoms with Crippen LogP contribution in [0.15, 0.2) is 60.7 Å². The van der Waals surface area contributed by atoms with Gasteiger partial charge in [0.1, 0.15) is 37.6 Å². The van der Waals surface area contributed by atoms with Gasteiger partial charge in [-0.2, -0.15) is 0 Å². The number of hydrogen-bond acceptors (Lipinski definition) is 8. The zero-order valence-corrected chi connectivity index (χ0v) is 19.0. The molecule has 1 saturated carbocycles. The highest BCUT2D eigenvalue weighted by atomic mass is 16.6. The first-order valence-corrected chi connectivity index (χ1v) is 10.8.